The van der Waals surface area contributed by atoms with Gasteiger partial charge in [-0.25, -0.2) is 0 Å². The standard InChI is InChI=1S/C14H27NO/c1-3-11-15(4-2)12-14(13-16)9-7-5-6-8-10-14/h13H,3-12H2,1-2H3. The molecule has 0 spiro atoms. The summed E-state index contributed by atoms with van der Waals surface area (Å²) >= 11 is 0. The molecular weight excluding hydrogens is 198 g/mol. The highest BCUT2D eigenvalue weighted by molar-refractivity contribution is 5.59. The Bertz CT molecular complexity index is 195. The van der Waals surface area contributed by atoms with Crippen molar-refractivity contribution < 1.29 is 4.79 Å². The summed E-state index contributed by atoms with van der Waals surface area (Å²) in [5.74, 6) is 0. The van der Waals surface area contributed by atoms with Crippen molar-refractivity contribution in [2.24, 2.45) is 5.41 Å². The van der Waals surface area contributed by atoms with Crippen molar-refractivity contribution in [3.8, 4) is 0 Å². The summed E-state index contributed by atoms with van der Waals surface area (Å²) in [4.78, 5) is 13.9. The van der Waals surface area contributed by atoms with E-state index in [0.29, 0.717) is 0 Å². The first kappa shape index (κ1) is 13.7. The van der Waals surface area contributed by atoms with E-state index in [-0.39, 0.29) is 5.41 Å². The van der Waals surface area contributed by atoms with Gasteiger partial charge >= 0.3 is 0 Å². The highest BCUT2D eigenvalue weighted by Crippen LogP contribution is 2.34. The van der Waals surface area contributed by atoms with Gasteiger partial charge in [-0.1, -0.05) is 39.5 Å². The smallest absolute Gasteiger partial charge is 0.127 e. The predicted octanol–water partition coefficient (Wildman–Crippen LogP) is 3.26. The predicted molar refractivity (Wildman–Crippen MR) is 68.6 cm³/mol. The van der Waals surface area contributed by atoms with E-state index in [2.05, 4.69) is 18.7 Å². The number of aldehydes is 1. The number of carbonyl (C=O) groups excluding carboxylic acids is 1. The third-order valence-corrected chi connectivity index (χ3v) is 3.87. The van der Waals surface area contributed by atoms with Crippen LogP contribution in [0.1, 0.15) is 58.8 Å². The average Bonchev–Trinajstić information content (AvgIpc) is 2.55. The van der Waals surface area contributed by atoms with Crippen molar-refractivity contribution in [3.05, 3.63) is 0 Å². The Morgan fingerprint density at radius 1 is 1.12 bits per heavy atom. The van der Waals surface area contributed by atoms with Crippen LogP contribution in [0.4, 0.5) is 0 Å². The molecule has 0 unspecified atom stereocenters. The Kier molecular flexibility index (Phi) is 6.04. The molecule has 1 aliphatic carbocycles. The third-order valence-electron chi connectivity index (χ3n) is 3.87. The second kappa shape index (κ2) is 7.05. The lowest BCUT2D eigenvalue weighted by Crippen LogP contribution is -2.39. The maximum absolute atomic E-state index is 11.5. The topological polar surface area (TPSA) is 20.3 Å². The molecule has 2 heteroatoms. The van der Waals surface area contributed by atoms with Gasteiger partial charge in [0.05, 0.1) is 0 Å². The molecule has 0 aliphatic heterocycles. The first-order valence-corrected chi connectivity index (χ1v) is 6.95. The SMILES string of the molecule is CCCN(CC)CC1(C=O)CCCCCC1. The Hall–Kier alpha value is -0.370. The largest absolute Gasteiger partial charge is 0.303 e. The Morgan fingerprint density at radius 3 is 2.19 bits per heavy atom. The lowest BCUT2D eigenvalue weighted by Gasteiger charge is -2.33. The zero-order valence-electron chi connectivity index (χ0n) is 11.0. The van der Waals surface area contributed by atoms with Gasteiger partial charge in [-0.2, -0.15) is 0 Å². The van der Waals surface area contributed by atoms with E-state index < -0.39 is 0 Å². The van der Waals surface area contributed by atoms with Crippen LogP contribution in [0.3, 0.4) is 0 Å². The molecule has 0 heterocycles. The van der Waals surface area contributed by atoms with Crippen molar-refractivity contribution in [1.29, 1.82) is 0 Å². The molecule has 0 radical (unpaired) electrons. The fourth-order valence-electron chi connectivity index (χ4n) is 2.86. The highest BCUT2D eigenvalue weighted by atomic mass is 16.1. The van der Waals surface area contributed by atoms with Crippen molar-refractivity contribution >= 4 is 6.29 Å². The molecule has 1 saturated carbocycles. The average molecular weight is 225 g/mol. The minimum atomic E-state index is -0.0261. The molecule has 0 aromatic heterocycles. The van der Waals surface area contributed by atoms with Gasteiger partial charge in [-0.15, -0.1) is 0 Å². The van der Waals surface area contributed by atoms with E-state index >= 15 is 0 Å². The zero-order valence-corrected chi connectivity index (χ0v) is 11.0. The second-order valence-corrected chi connectivity index (χ2v) is 5.26. The van der Waals surface area contributed by atoms with Crippen molar-refractivity contribution in [3.63, 3.8) is 0 Å². The number of nitrogens with zero attached hydrogens (tertiary/aromatic N) is 1. The van der Waals surface area contributed by atoms with Gasteiger partial charge in [0.2, 0.25) is 0 Å². The van der Waals surface area contributed by atoms with E-state index in [9.17, 15) is 4.79 Å². The van der Waals surface area contributed by atoms with Crippen LogP contribution in [-0.4, -0.2) is 30.8 Å². The number of carbonyl (C=O) groups is 1. The molecule has 0 aromatic carbocycles. The number of hydrogen-bond donors (Lipinski definition) is 0. The van der Waals surface area contributed by atoms with Gasteiger partial charge in [0.15, 0.2) is 0 Å². The van der Waals surface area contributed by atoms with Gasteiger partial charge in [-0.05, 0) is 32.4 Å². The summed E-state index contributed by atoms with van der Waals surface area (Å²) in [5.41, 5.74) is -0.0261. The summed E-state index contributed by atoms with van der Waals surface area (Å²) in [5, 5.41) is 0. The molecule has 16 heavy (non-hydrogen) atoms. The van der Waals surface area contributed by atoms with Crippen molar-refractivity contribution in [1.82, 2.24) is 4.90 Å². The lowest BCUT2D eigenvalue weighted by atomic mass is 9.81. The van der Waals surface area contributed by atoms with Crippen LogP contribution in [0.5, 0.6) is 0 Å². The van der Waals surface area contributed by atoms with Crippen LogP contribution in [0.15, 0.2) is 0 Å². The molecule has 0 bridgehead atoms. The summed E-state index contributed by atoms with van der Waals surface area (Å²) in [6, 6.07) is 0. The Balaban J connectivity index is 2.58. The third kappa shape index (κ3) is 3.89. The summed E-state index contributed by atoms with van der Waals surface area (Å²) in [6.45, 7) is 7.60. The van der Waals surface area contributed by atoms with Crippen LogP contribution in [0, 0.1) is 5.41 Å². The maximum atomic E-state index is 11.5. The normalized spacial score (nSPS) is 20.7. The van der Waals surface area contributed by atoms with Crippen molar-refractivity contribution in [2.45, 2.75) is 58.8 Å². The fourth-order valence-corrected chi connectivity index (χ4v) is 2.86. The minimum absolute atomic E-state index is 0.0261. The monoisotopic (exact) mass is 225 g/mol. The van der Waals surface area contributed by atoms with E-state index in [1.54, 1.807) is 0 Å². The Labute approximate surface area is 100 Å². The molecular formula is C14H27NO. The van der Waals surface area contributed by atoms with Gasteiger partial charge in [0.25, 0.3) is 0 Å². The Morgan fingerprint density at radius 2 is 1.75 bits per heavy atom. The first-order valence-electron chi connectivity index (χ1n) is 6.95. The molecule has 1 rings (SSSR count). The molecule has 94 valence electrons. The molecule has 0 saturated heterocycles. The molecule has 2 nitrogen and oxygen atoms in total. The van der Waals surface area contributed by atoms with Crippen molar-refractivity contribution in [2.75, 3.05) is 19.6 Å². The quantitative estimate of drug-likeness (QED) is 0.511. The van der Waals surface area contributed by atoms with E-state index in [1.165, 1.54) is 38.4 Å². The molecule has 1 fully saturated rings. The maximum Gasteiger partial charge on any atom is 0.127 e. The van der Waals surface area contributed by atoms with Gasteiger partial charge in [0.1, 0.15) is 6.29 Å². The molecule has 1 aliphatic rings. The summed E-state index contributed by atoms with van der Waals surface area (Å²) in [6.07, 6.45) is 9.77. The summed E-state index contributed by atoms with van der Waals surface area (Å²) < 4.78 is 0. The zero-order chi connectivity index (χ0) is 11.9. The summed E-state index contributed by atoms with van der Waals surface area (Å²) in [7, 11) is 0. The number of hydrogen-bond acceptors (Lipinski definition) is 2. The van der Waals surface area contributed by atoms with Gasteiger partial charge in [-0.3, -0.25) is 0 Å². The van der Waals surface area contributed by atoms with Crippen LogP contribution in [-0.2, 0) is 4.79 Å². The molecule has 0 N–H and O–H groups in total. The van der Waals surface area contributed by atoms with Crippen LogP contribution in [0.25, 0.3) is 0 Å². The first-order chi connectivity index (χ1) is 7.76. The van der Waals surface area contributed by atoms with E-state index in [1.807, 2.05) is 0 Å². The fraction of sp³-hybridized carbons (Fsp3) is 0.929. The van der Waals surface area contributed by atoms with E-state index in [0.717, 1.165) is 32.5 Å². The van der Waals surface area contributed by atoms with Gasteiger partial charge in [0, 0.05) is 12.0 Å². The highest BCUT2D eigenvalue weighted by Gasteiger charge is 2.31. The number of rotatable bonds is 6. The molecule has 0 amide bonds. The van der Waals surface area contributed by atoms with Crippen LogP contribution < -0.4 is 0 Å². The minimum Gasteiger partial charge on any atom is -0.303 e. The van der Waals surface area contributed by atoms with Crippen LogP contribution in [0.2, 0.25) is 0 Å². The lowest BCUT2D eigenvalue weighted by molar-refractivity contribution is -0.118. The van der Waals surface area contributed by atoms with Gasteiger partial charge < -0.3 is 9.69 Å². The van der Waals surface area contributed by atoms with Crippen LogP contribution >= 0.6 is 0 Å². The second-order valence-electron chi connectivity index (χ2n) is 5.26. The molecule has 0 atom stereocenters. The molecule has 0 aromatic rings. The van der Waals surface area contributed by atoms with E-state index in [4.69, 9.17) is 0 Å².